The first-order chi connectivity index (χ1) is 12.2. The molecule has 0 unspecified atom stereocenters. The van der Waals surface area contributed by atoms with E-state index in [-0.39, 0.29) is 4.90 Å². The summed E-state index contributed by atoms with van der Waals surface area (Å²) in [5.74, 6) is -0.755. The number of allylic oxidation sites excluding steroid dienone is 2. The molecule has 1 aliphatic rings. The highest BCUT2D eigenvalue weighted by Crippen LogP contribution is 2.44. The lowest BCUT2D eigenvalue weighted by atomic mass is 9.90. The zero-order valence-electron chi connectivity index (χ0n) is 15.1. The van der Waals surface area contributed by atoms with E-state index in [2.05, 4.69) is 0 Å². The number of nitrogens with zero attached hydrogens (tertiary/aromatic N) is 1. The Morgan fingerprint density at radius 3 is 2.27 bits per heavy atom. The molecule has 3 nitrogen and oxygen atoms in total. The van der Waals surface area contributed by atoms with E-state index in [1.807, 2.05) is 51.1 Å². The van der Waals surface area contributed by atoms with Crippen molar-refractivity contribution in [3.05, 3.63) is 89.5 Å². The average molecular weight is 371 g/mol. The second kappa shape index (κ2) is 6.72. The molecule has 5 heteroatoms. The van der Waals surface area contributed by atoms with Gasteiger partial charge in [0.1, 0.15) is 0 Å². The number of halogens is 1. The normalized spacial score (nSPS) is 18.2. The predicted octanol–water partition coefficient (Wildman–Crippen LogP) is 4.96. The monoisotopic (exact) mass is 371 g/mol. The van der Waals surface area contributed by atoms with Crippen LogP contribution >= 0.6 is 0 Å². The molecular formula is C21H22FNO2S. The Morgan fingerprint density at radius 2 is 1.65 bits per heavy atom. The van der Waals surface area contributed by atoms with Crippen LogP contribution in [0.15, 0.2) is 83.3 Å². The van der Waals surface area contributed by atoms with Crippen LogP contribution in [0.25, 0.3) is 0 Å². The summed E-state index contributed by atoms with van der Waals surface area (Å²) in [6.45, 7) is 5.50. The van der Waals surface area contributed by atoms with E-state index >= 15 is 0 Å². The van der Waals surface area contributed by atoms with Gasteiger partial charge in [-0.15, -0.1) is 0 Å². The Balaban J connectivity index is 2.02. The SMILES string of the molecule is Cc1ccc(S(=O)(=O)N2C(F)=CC(C)(C)/C2=C/Cc2ccccc2)cc1. The summed E-state index contributed by atoms with van der Waals surface area (Å²) in [6, 6.07) is 16.1. The molecule has 2 aromatic rings. The molecule has 0 radical (unpaired) electrons. The summed E-state index contributed by atoms with van der Waals surface area (Å²) in [4.78, 5) is 0.0787. The first-order valence-corrected chi connectivity index (χ1v) is 9.91. The Labute approximate surface area is 154 Å². The summed E-state index contributed by atoms with van der Waals surface area (Å²) in [5, 5.41) is 0. The van der Waals surface area contributed by atoms with Crippen LogP contribution in [0, 0.1) is 12.3 Å². The standard InChI is InChI=1S/C21H22FNO2S/c1-16-9-12-18(13-10-16)26(24,25)23-19(21(2,3)15-20(23)22)14-11-17-7-5-4-6-8-17/h4-10,12-15H,11H2,1-3H3/b19-14-. The van der Waals surface area contributed by atoms with Crippen LogP contribution in [0.4, 0.5) is 4.39 Å². The molecule has 136 valence electrons. The van der Waals surface area contributed by atoms with Crippen LogP contribution in [-0.4, -0.2) is 12.7 Å². The summed E-state index contributed by atoms with van der Waals surface area (Å²) in [5.41, 5.74) is 1.70. The average Bonchev–Trinajstić information content (AvgIpc) is 2.83. The lowest BCUT2D eigenvalue weighted by Crippen LogP contribution is -2.29. The summed E-state index contributed by atoms with van der Waals surface area (Å²) < 4.78 is 41.7. The molecule has 0 bridgehead atoms. The van der Waals surface area contributed by atoms with Gasteiger partial charge in [-0.2, -0.15) is 4.39 Å². The van der Waals surface area contributed by atoms with Crippen molar-refractivity contribution in [1.29, 1.82) is 0 Å². The number of benzene rings is 2. The summed E-state index contributed by atoms with van der Waals surface area (Å²) in [7, 11) is -4.01. The minimum absolute atomic E-state index is 0.0787. The zero-order valence-corrected chi connectivity index (χ0v) is 15.9. The van der Waals surface area contributed by atoms with Gasteiger partial charge in [0.2, 0.25) is 5.95 Å². The molecule has 0 aliphatic carbocycles. The van der Waals surface area contributed by atoms with Crippen molar-refractivity contribution in [3.63, 3.8) is 0 Å². The van der Waals surface area contributed by atoms with Gasteiger partial charge >= 0.3 is 0 Å². The molecule has 0 aromatic heterocycles. The predicted molar refractivity (Wildman–Crippen MR) is 101 cm³/mol. The van der Waals surface area contributed by atoms with Gasteiger partial charge < -0.3 is 0 Å². The number of hydrogen-bond acceptors (Lipinski definition) is 2. The number of hydrogen-bond donors (Lipinski definition) is 0. The molecule has 0 N–H and O–H groups in total. The fraction of sp³-hybridized carbons (Fsp3) is 0.238. The second-order valence-corrected chi connectivity index (χ2v) is 8.84. The van der Waals surface area contributed by atoms with Crippen LogP contribution in [0.5, 0.6) is 0 Å². The first-order valence-electron chi connectivity index (χ1n) is 8.47. The first kappa shape index (κ1) is 18.4. The molecule has 1 heterocycles. The quantitative estimate of drug-likeness (QED) is 0.712. The fourth-order valence-electron chi connectivity index (χ4n) is 3.04. The highest BCUT2D eigenvalue weighted by molar-refractivity contribution is 7.89. The van der Waals surface area contributed by atoms with Gasteiger partial charge in [0.25, 0.3) is 10.0 Å². The number of aryl methyl sites for hydroxylation is 1. The second-order valence-electron chi connectivity index (χ2n) is 7.05. The number of rotatable bonds is 4. The van der Waals surface area contributed by atoms with E-state index in [1.165, 1.54) is 18.2 Å². The van der Waals surface area contributed by atoms with Crippen molar-refractivity contribution < 1.29 is 12.8 Å². The van der Waals surface area contributed by atoms with Gasteiger partial charge in [-0.05, 0) is 37.1 Å². The molecular weight excluding hydrogens is 349 g/mol. The molecule has 2 aromatic carbocycles. The topological polar surface area (TPSA) is 37.4 Å². The van der Waals surface area contributed by atoms with Crippen molar-refractivity contribution >= 4 is 10.0 Å². The molecule has 26 heavy (non-hydrogen) atoms. The molecule has 0 spiro atoms. The van der Waals surface area contributed by atoms with Gasteiger partial charge in [-0.25, -0.2) is 12.7 Å². The fourth-order valence-corrected chi connectivity index (χ4v) is 4.58. The van der Waals surface area contributed by atoms with Crippen molar-refractivity contribution in [1.82, 2.24) is 4.31 Å². The van der Waals surface area contributed by atoms with Crippen molar-refractivity contribution in [2.45, 2.75) is 32.1 Å². The van der Waals surface area contributed by atoms with Crippen LogP contribution in [0.2, 0.25) is 0 Å². The van der Waals surface area contributed by atoms with E-state index in [9.17, 15) is 12.8 Å². The van der Waals surface area contributed by atoms with Gasteiger partial charge in [-0.1, -0.05) is 68.0 Å². The lowest BCUT2D eigenvalue weighted by Gasteiger charge is -2.26. The Morgan fingerprint density at radius 1 is 1.04 bits per heavy atom. The third-order valence-electron chi connectivity index (χ3n) is 4.49. The summed E-state index contributed by atoms with van der Waals surface area (Å²) in [6.07, 6.45) is 3.68. The molecule has 0 fully saturated rings. The van der Waals surface area contributed by atoms with Crippen molar-refractivity contribution in [3.8, 4) is 0 Å². The van der Waals surface area contributed by atoms with E-state index in [4.69, 9.17) is 0 Å². The molecule has 0 atom stereocenters. The molecule has 0 amide bonds. The van der Waals surface area contributed by atoms with E-state index in [0.29, 0.717) is 12.1 Å². The van der Waals surface area contributed by atoms with Crippen molar-refractivity contribution in [2.75, 3.05) is 0 Å². The highest BCUT2D eigenvalue weighted by atomic mass is 32.2. The van der Waals surface area contributed by atoms with Crippen LogP contribution in [0.1, 0.15) is 25.0 Å². The van der Waals surface area contributed by atoms with E-state index in [1.54, 1.807) is 18.2 Å². The molecule has 0 saturated carbocycles. The van der Waals surface area contributed by atoms with Gasteiger partial charge in [0.15, 0.2) is 0 Å². The maximum atomic E-state index is 14.7. The summed E-state index contributed by atoms with van der Waals surface area (Å²) >= 11 is 0. The largest absolute Gasteiger partial charge is 0.270 e. The van der Waals surface area contributed by atoms with Crippen LogP contribution in [0.3, 0.4) is 0 Å². The molecule has 1 aliphatic heterocycles. The molecule has 0 saturated heterocycles. The Hall–Kier alpha value is -2.40. The zero-order chi connectivity index (χ0) is 18.9. The third kappa shape index (κ3) is 3.44. The maximum absolute atomic E-state index is 14.7. The maximum Gasteiger partial charge on any atom is 0.270 e. The minimum atomic E-state index is -4.01. The van der Waals surface area contributed by atoms with Crippen molar-refractivity contribution in [2.24, 2.45) is 5.41 Å². The minimum Gasteiger partial charge on any atom is -0.213 e. The van der Waals surface area contributed by atoms with E-state index < -0.39 is 21.4 Å². The number of sulfonamides is 1. The Kier molecular flexibility index (Phi) is 4.76. The Bertz CT molecular complexity index is 959. The van der Waals surface area contributed by atoms with Gasteiger partial charge in [-0.3, -0.25) is 0 Å². The third-order valence-corrected chi connectivity index (χ3v) is 6.21. The van der Waals surface area contributed by atoms with Crippen LogP contribution < -0.4 is 0 Å². The smallest absolute Gasteiger partial charge is 0.213 e. The van der Waals surface area contributed by atoms with Crippen LogP contribution in [-0.2, 0) is 16.4 Å². The van der Waals surface area contributed by atoms with Gasteiger partial charge in [0, 0.05) is 11.1 Å². The van der Waals surface area contributed by atoms with Gasteiger partial charge in [0.05, 0.1) is 4.90 Å². The molecule has 3 rings (SSSR count). The van der Waals surface area contributed by atoms with E-state index in [0.717, 1.165) is 15.4 Å². The lowest BCUT2D eigenvalue weighted by molar-refractivity contribution is 0.425. The highest BCUT2D eigenvalue weighted by Gasteiger charge is 2.42.